The lowest BCUT2D eigenvalue weighted by atomic mass is 10.1. The summed E-state index contributed by atoms with van der Waals surface area (Å²) in [4.78, 5) is 24.9. The Morgan fingerprint density at radius 1 is 1.07 bits per heavy atom. The maximum Gasteiger partial charge on any atom is 0.253 e. The highest BCUT2D eigenvalue weighted by Gasteiger charge is 2.08. The summed E-state index contributed by atoms with van der Waals surface area (Å²) < 4.78 is 0. The maximum absolute atomic E-state index is 12.1. The second-order valence-corrected chi connectivity index (χ2v) is 7.15. The van der Waals surface area contributed by atoms with Crippen LogP contribution in [0.25, 0.3) is 0 Å². The minimum atomic E-state index is 0. The SMILES string of the molecule is CCNC(=NCc1cccc(N(C)C)n1)NCCc1cccc(C(=O)N(C)C)c1.I. The number of aliphatic imine (C=N–C) groups is 1. The van der Waals surface area contributed by atoms with Gasteiger partial charge in [-0.25, -0.2) is 9.98 Å². The smallest absolute Gasteiger partial charge is 0.253 e. The summed E-state index contributed by atoms with van der Waals surface area (Å²) in [6, 6.07) is 13.7. The number of amides is 1. The molecule has 30 heavy (non-hydrogen) atoms. The van der Waals surface area contributed by atoms with Crippen molar-refractivity contribution in [3.63, 3.8) is 0 Å². The number of benzene rings is 1. The van der Waals surface area contributed by atoms with Gasteiger partial charge in [-0.2, -0.15) is 0 Å². The molecule has 0 spiro atoms. The Balaban J connectivity index is 0.00000450. The highest BCUT2D eigenvalue weighted by Crippen LogP contribution is 2.09. The number of nitrogens with one attached hydrogen (secondary N) is 2. The Kier molecular flexibility index (Phi) is 11.2. The molecule has 2 rings (SSSR count). The number of anilines is 1. The number of aromatic nitrogens is 1. The summed E-state index contributed by atoms with van der Waals surface area (Å²) in [6.45, 7) is 4.04. The molecule has 2 N–H and O–H groups in total. The number of carbonyl (C=O) groups is 1. The van der Waals surface area contributed by atoms with Crippen LogP contribution in [0.15, 0.2) is 47.5 Å². The Labute approximate surface area is 197 Å². The van der Waals surface area contributed by atoms with Crippen molar-refractivity contribution in [1.82, 2.24) is 20.5 Å². The molecular formula is C22H33IN6O. The lowest BCUT2D eigenvalue weighted by molar-refractivity contribution is 0.0827. The third kappa shape index (κ3) is 8.17. The number of guanidine groups is 1. The molecule has 0 unspecified atom stereocenters. The van der Waals surface area contributed by atoms with Crippen LogP contribution in [0.2, 0.25) is 0 Å². The Morgan fingerprint density at radius 2 is 1.80 bits per heavy atom. The Morgan fingerprint density at radius 3 is 2.47 bits per heavy atom. The molecule has 8 heteroatoms. The highest BCUT2D eigenvalue weighted by atomic mass is 127. The van der Waals surface area contributed by atoms with Crippen LogP contribution in [0.4, 0.5) is 5.82 Å². The molecule has 7 nitrogen and oxygen atoms in total. The van der Waals surface area contributed by atoms with E-state index >= 15 is 0 Å². The molecule has 0 fully saturated rings. The van der Waals surface area contributed by atoms with Gasteiger partial charge in [-0.3, -0.25) is 4.79 Å². The third-order valence-electron chi connectivity index (χ3n) is 4.28. The van der Waals surface area contributed by atoms with Crippen molar-refractivity contribution in [3.05, 3.63) is 59.3 Å². The third-order valence-corrected chi connectivity index (χ3v) is 4.28. The number of hydrogen-bond donors (Lipinski definition) is 2. The fraction of sp³-hybridized carbons (Fsp3) is 0.409. The first kappa shape index (κ1) is 25.7. The standard InChI is InChI=1S/C22H32N6O.HI/c1-6-23-22(25-16-19-11-8-12-20(26-19)27(2)3)24-14-13-17-9-7-10-18(15-17)21(29)28(4)5;/h7-12,15H,6,13-14,16H2,1-5H3,(H2,23,24,25);1H. The molecule has 1 aromatic carbocycles. The predicted octanol–water partition coefficient (Wildman–Crippen LogP) is 2.77. The second kappa shape index (κ2) is 13.0. The van der Waals surface area contributed by atoms with E-state index in [4.69, 9.17) is 0 Å². The van der Waals surface area contributed by atoms with Crippen LogP contribution in [0, 0.1) is 0 Å². The fourth-order valence-corrected chi connectivity index (χ4v) is 2.75. The summed E-state index contributed by atoms with van der Waals surface area (Å²) in [5.41, 5.74) is 2.74. The maximum atomic E-state index is 12.1. The first-order valence-electron chi connectivity index (χ1n) is 9.86. The normalized spacial score (nSPS) is 10.8. The molecule has 1 heterocycles. The molecular weight excluding hydrogens is 491 g/mol. The summed E-state index contributed by atoms with van der Waals surface area (Å²) >= 11 is 0. The minimum absolute atomic E-state index is 0. The quantitative estimate of drug-likeness (QED) is 0.316. The van der Waals surface area contributed by atoms with Gasteiger partial charge in [-0.05, 0) is 43.2 Å². The van der Waals surface area contributed by atoms with Gasteiger partial charge in [0.2, 0.25) is 0 Å². The number of halogens is 1. The fourth-order valence-electron chi connectivity index (χ4n) is 2.75. The molecule has 0 atom stereocenters. The zero-order valence-electron chi connectivity index (χ0n) is 18.5. The van der Waals surface area contributed by atoms with Crippen molar-refractivity contribution < 1.29 is 4.79 Å². The van der Waals surface area contributed by atoms with Crippen molar-refractivity contribution in [2.24, 2.45) is 4.99 Å². The van der Waals surface area contributed by atoms with Gasteiger partial charge >= 0.3 is 0 Å². The van der Waals surface area contributed by atoms with Gasteiger partial charge < -0.3 is 20.4 Å². The second-order valence-electron chi connectivity index (χ2n) is 7.15. The minimum Gasteiger partial charge on any atom is -0.363 e. The molecule has 0 radical (unpaired) electrons. The van der Waals surface area contributed by atoms with E-state index in [1.165, 1.54) is 0 Å². The average Bonchev–Trinajstić information content (AvgIpc) is 2.71. The van der Waals surface area contributed by atoms with E-state index in [0.717, 1.165) is 42.5 Å². The Hall–Kier alpha value is -2.36. The van der Waals surface area contributed by atoms with Crippen molar-refractivity contribution in [3.8, 4) is 0 Å². The van der Waals surface area contributed by atoms with Gasteiger partial charge in [-0.1, -0.05) is 18.2 Å². The summed E-state index contributed by atoms with van der Waals surface area (Å²) in [6.07, 6.45) is 0.799. The van der Waals surface area contributed by atoms with E-state index in [1.807, 2.05) is 68.4 Å². The van der Waals surface area contributed by atoms with Gasteiger partial charge in [0.05, 0.1) is 12.2 Å². The number of hydrogen-bond acceptors (Lipinski definition) is 4. The number of carbonyl (C=O) groups excluding carboxylic acids is 1. The molecule has 1 amide bonds. The molecule has 2 aromatic rings. The number of nitrogens with zero attached hydrogens (tertiary/aromatic N) is 4. The first-order chi connectivity index (χ1) is 13.9. The van der Waals surface area contributed by atoms with Crippen LogP contribution < -0.4 is 15.5 Å². The van der Waals surface area contributed by atoms with Gasteiger partial charge in [0, 0.05) is 46.8 Å². The molecule has 164 valence electrons. The van der Waals surface area contributed by atoms with Crippen molar-refractivity contribution in [1.29, 1.82) is 0 Å². The monoisotopic (exact) mass is 524 g/mol. The topological polar surface area (TPSA) is 72.9 Å². The van der Waals surface area contributed by atoms with Crippen LogP contribution in [-0.4, -0.2) is 63.0 Å². The van der Waals surface area contributed by atoms with Gasteiger partial charge in [-0.15, -0.1) is 24.0 Å². The molecule has 0 saturated heterocycles. The lowest BCUT2D eigenvalue weighted by Crippen LogP contribution is -2.38. The van der Waals surface area contributed by atoms with Crippen LogP contribution in [0.3, 0.4) is 0 Å². The molecule has 0 saturated carbocycles. The summed E-state index contributed by atoms with van der Waals surface area (Å²) in [7, 11) is 7.47. The van der Waals surface area contributed by atoms with Crippen molar-refractivity contribution in [2.45, 2.75) is 19.9 Å². The molecule has 0 aliphatic rings. The average molecular weight is 524 g/mol. The highest BCUT2D eigenvalue weighted by molar-refractivity contribution is 14.0. The lowest BCUT2D eigenvalue weighted by Gasteiger charge is -2.14. The van der Waals surface area contributed by atoms with Crippen molar-refractivity contribution in [2.75, 3.05) is 46.2 Å². The molecule has 0 aliphatic heterocycles. The van der Waals surface area contributed by atoms with E-state index in [2.05, 4.69) is 20.6 Å². The summed E-state index contributed by atoms with van der Waals surface area (Å²) in [5.74, 6) is 1.69. The van der Waals surface area contributed by atoms with Crippen LogP contribution >= 0.6 is 24.0 Å². The van der Waals surface area contributed by atoms with E-state index < -0.39 is 0 Å². The van der Waals surface area contributed by atoms with Crippen LogP contribution in [0.1, 0.15) is 28.5 Å². The molecule has 0 aliphatic carbocycles. The van der Waals surface area contributed by atoms with Gasteiger partial charge in [0.1, 0.15) is 5.82 Å². The zero-order chi connectivity index (χ0) is 21.2. The number of rotatable bonds is 8. The molecule has 1 aromatic heterocycles. The van der Waals surface area contributed by atoms with E-state index in [0.29, 0.717) is 12.1 Å². The number of pyridine rings is 1. The molecule has 0 bridgehead atoms. The largest absolute Gasteiger partial charge is 0.363 e. The van der Waals surface area contributed by atoms with E-state index in [1.54, 1.807) is 19.0 Å². The van der Waals surface area contributed by atoms with Crippen molar-refractivity contribution >= 4 is 41.7 Å². The van der Waals surface area contributed by atoms with E-state index in [-0.39, 0.29) is 29.9 Å². The van der Waals surface area contributed by atoms with Crippen LogP contribution in [-0.2, 0) is 13.0 Å². The van der Waals surface area contributed by atoms with E-state index in [9.17, 15) is 4.79 Å². The first-order valence-corrected chi connectivity index (χ1v) is 9.86. The Bertz CT molecular complexity index is 838. The van der Waals surface area contributed by atoms with Gasteiger partial charge in [0.25, 0.3) is 5.91 Å². The zero-order valence-corrected chi connectivity index (χ0v) is 20.8. The predicted molar refractivity (Wildman–Crippen MR) is 135 cm³/mol. The van der Waals surface area contributed by atoms with Gasteiger partial charge in [0.15, 0.2) is 5.96 Å². The van der Waals surface area contributed by atoms with Crippen LogP contribution in [0.5, 0.6) is 0 Å². The summed E-state index contributed by atoms with van der Waals surface area (Å²) in [5, 5.41) is 6.61.